The maximum atomic E-state index is 11.4. The van der Waals surface area contributed by atoms with Crippen LogP contribution in [-0.2, 0) is 11.3 Å². The fourth-order valence-electron chi connectivity index (χ4n) is 1.84. The molecule has 15 heavy (non-hydrogen) atoms. The van der Waals surface area contributed by atoms with E-state index in [0.717, 1.165) is 31.7 Å². The highest BCUT2D eigenvalue weighted by atomic mass is 16.2. The average Bonchev–Trinajstić information content (AvgIpc) is 2.74. The second kappa shape index (κ2) is 3.92. The predicted octanol–water partition coefficient (Wildman–Crippen LogP) is 0.396. The van der Waals surface area contributed by atoms with Gasteiger partial charge in [0.1, 0.15) is 0 Å². The summed E-state index contributed by atoms with van der Waals surface area (Å²) in [5.41, 5.74) is 7.37. The second-order valence-electron chi connectivity index (χ2n) is 3.89. The molecule has 0 aromatic carbocycles. The molecule has 0 aliphatic carbocycles. The SMILES string of the molecule is Cc1c(N)cnn1CCN1CCCC1=O. The van der Waals surface area contributed by atoms with E-state index in [1.54, 1.807) is 6.20 Å². The minimum atomic E-state index is 0.257. The summed E-state index contributed by atoms with van der Waals surface area (Å²) < 4.78 is 1.85. The zero-order chi connectivity index (χ0) is 10.8. The summed E-state index contributed by atoms with van der Waals surface area (Å²) in [4.78, 5) is 13.2. The molecule has 0 spiro atoms. The molecular formula is C10H16N4O. The zero-order valence-electron chi connectivity index (χ0n) is 8.94. The number of rotatable bonds is 3. The molecule has 1 aliphatic rings. The van der Waals surface area contributed by atoms with Gasteiger partial charge in [-0.2, -0.15) is 5.10 Å². The first-order chi connectivity index (χ1) is 7.18. The van der Waals surface area contributed by atoms with Gasteiger partial charge >= 0.3 is 0 Å². The van der Waals surface area contributed by atoms with E-state index in [-0.39, 0.29) is 5.91 Å². The molecule has 2 N–H and O–H groups in total. The van der Waals surface area contributed by atoms with Gasteiger partial charge in [-0.05, 0) is 13.3 Å². The normalized spacial score (nSPS) is 16.3. The van der Waals surface area contributed by atoms with Gasteiger partial charge in [0.05, 0.1) is 24.1 Å². The predicted molar refractivity (Wildman–Crippen MR) is 57.2 cm³/mol. The lowest BCUT2D eigenvalue weighted by atomic mass is 10.4. The molecule has 0 unspecified atom stereocenters. The lowest BCUT2D eigenvalue weighted by Gasteiger charge is -2.15. The van der Waals surface area contributed by atoms with Crippen LogP contribution in [-0.4, -0.2) is 33.7 Å². The highest BCUT2D eigenvalue weighted by molar-refractivity contribution is 5.77. The first kappa shape index (κ1) is 10.0. The maximum absolute atomic E-state index is 11.4. The molecule has 1 amide bonds. The van der Waals surface area contributed by atoms with Gasteiger partial charge in [-0.15, -0.1) is 0 Å². The van der Waals surface area contributed by atoms with Crippen LogP contribution in [0, 0.1) is 6.92 Å². The van der Waals surface area contributed by atoms with Crippen LogP contribution in [0.2, 0.25) is 0 Å². The van der Waals surface area contributed by atoms with Gasteiger partial charge in [0.2, 0.25) is 5.91 Å². The van der Waals surface area contributed by atoms with E-state index in [0.29, 0.717) is 12.1 Å². The summed E-state index contributed by atoms with van der Waals surface area (Å²) in [5.74, 6) is 0.257. The molecule has 1 aromatic rings. The Bertz CT molecular complexity index is 371. The first-order valence-corrected chi connectivity index (χ1v) is 5.24. The number of nitrogens with zero attached hydrogens (tertiary/aromatic N) is 3. The number of carbonyl (C=O) groups is 1. The number of nitrogen functional groups attached to an aromatic ring is 1. The fraction of sp³-hybridized carbons (Fsp3) is 0.600. The Hall–Kier alpha value is -1.52. The molecule has 1 aromatic heterocycles. The number of carbonyl (C=O) groups excluding carboxylic acids is 1. The van der Waals surface area contributed by atoms with Crippen LogP contribution in [0.25, 0.3) is 0 Å². The molecule has 0 atom stereocenters. The molecule has 0 bridgehead atoms. The third kappa shape index (κ3) is 1.95. The van der Waals surface area contributed by atoms with Crippen molar-refractivity contribution >= 4 is 11.6 Å². The molecule has 1 aliphatic heterocycles. The minimum Gasteiger partial charge on any atom is -0.396 e. The van der Waals surface area contributed by atoms with Crippen LogP contribution < -0.4 is 5.73 Å². The number of nitrogens with two attached hydrogens (primary N) is 1. The summed E-state index contributed by atoms with van der Waals surface area (Å²) >= 11 is 0. The van der Waals surface area contributed by atoms with Gasteiger partial charge < -0.3 is 10.6 Å². The summed E-state index contributed by atoms with van der Waals surface area (Å²) in [6, 6.07) is 0. The van der Waals surface area contributed by atoms with Crippen LogP contribution in [0.15, 0.2) is 6.20 Å². The molecule has 1 fully saturated rings. The summed E-state index contributed by atoms with van der Waals surface area (Å²) in [7, 11) is 0. The largest absolute Gasteiger partial charge is 0.396 e. The molecular weight excluding hydrogens is 192 g/mol. The lowest BCUT2D eigenvalue weighted by Crippen LogP contribution is -2.28. The quantitative estimate of drug-likeness (QED) is 0.781. The number of hydrogen-bond acceptors (Lipinski definition) is 3. The van der Waals surface area contributed by atoms with Gasteiger partial charge in [0.25, 0.3) is 0 Å². The number of hydrogen-bond donors (Lipinski definition) is 1. The van der Waals surface area contributed by atoms with E-state index >= 15 is 0 Å². The Morgan fingerprint density at radius 3 is 2.87 bits per heavy atom. The van der Waals surface area contributed by atoms with Crippen LogP contribution in [0.3, 0.4) is 0 Å². The monoisotopic (exact) mass is 208 g/mol. The minimum absolute atomic E-state index is 0.257. The van der Waals surface area contributed by atoms with E-state index in [1.807, 2.05) is 16.5 Å². The van der Waals surface area contributed by atoms with Crippen LogP contribution in [0.5, 0.6) is 0 Å². The molecule has 2 heterocycles. The van der Waals surface area contributed by atoms with Crippen molar-refractivity contribution in [3.05, 3.63) is 11.9 Å². The van der Waals surface area contributed by atoms with E-state index < -0.39 is 0 Å². The summed E-state index contributed by atoms with van der Waals surface area (Å²) in [5, 5.41) is 4.16. The van der Waals surface area contributed by atoms with Crippen molar-refractivity contribution in [2.24, 2.45) is 0 Å². The van der Waals surface area contributed by atoms with Crippen molar-refractivity contribution in [3.63, 3.8) is 0 Å². The smallest absolute Gasteiger partial charge is 0.222 e. The van der Waals surface area contributed by atoms with Crippen molar-refractivity contribution in [1.82, 2.24) is 14.7 Å². The summed E-state index contributed by atoms with van der Waals surface area (Å²) in [6.45, 7) is 4.29. The lowest BCUT2D eigenvalue weighted by molar-refractivity contribution is -0.127. The highest BCUT2D eigenvalue weighted by Crippen LogP contribution is 2.11. The van der Waals surface area contributed by atoms with E-state index in [2.05, 4.69) is 5.10 Å². The van der Waals surface area contributed by atoms with Crippen molar-refractivity contribution in [2.45, 2.75) is 26.3 Å². The Morgan fingerprint density at radius 1 is 1.53 bits per heavy atom. The van der Waals surface area contributed by atoms with E-state index in [4.69, 9.17) is 5.73 Å². The Kier molecular flexibility index (Phi) is 2.62. The van der Waals surface area contributed by atoms with Crippen molar-refractivity contribution < 1.29 is 4.79 Å². The third-order valence-electron chi connectivity index (χ3n) is 2.89. The molecule has 82 valence electrons. The van der Waals surface area contributed by atoms with Gasteiger partial charge in [-0.3, -0.25) is 9.48 Å². The van der Waals surface area contributed by atoms with E-state index in [9.17, 15) is 4.79 Å². The Morgan fingerprint density at radius 2 is 2.33 bits per heavy atom. The van der Waals surface area contributed by atoms with Crippen LogP contribution in [0.1, 0.15) is 18.5 Å². The third-order valence-corrected chi connectivity index (χ3v) is 2.89. The first-order valence-electron chi connectivity index (χ1n) is 5.24. The summed E-state index contributed by atoms with van der Waals surface area (Å²) in [6.07, 6.45) is 3.33. The molecule has 1 saturated heterocycles. The van der Waals surface area contributed by atoms with Gasteiger partial charge in [0.15, 0.2) is 0 Å². The van der Waals surface area contributed by atoms with Crippen molar-refractivity contribution in [2.75, 3.05) is 18.8 Å². The van der Waals surface area contributed by atoms with Crippen molar-refractivity contribution in [3.8, 4) is 0 Å². The molecule has 2 rings (SSSR count). The Balaban J connectivity index is 1.93. The average molecular weight is 208 g/mol. The molecule has 0 radical (unpaired) electrons. The van der Waals surface area contributed by atoms with Gasteiger partial charge in [-0.1, -0.05) is 0 Å². The fourth-order valence-corrected chi connectivity index (χ4v) is 1.84. The van der Waals surface area contributed by atoms with E-state index in [1.165, 1.54) is 0 Å². The maximum Gasteiger partial charge on any atom is 0.222 e. The molecule has 5 nitrogen and oxygen atoms in total. The van der Waals surface area contributed by atoms with Gasteiger partial charge in [0, 0.05) is 19.5 Å². The van der Waals surface area contributed by atoms with Crippen molar-refractivity contribution in [1.29, 1.82) is 0 Å². The number of anilines is 1. The van der Waals surface area contributed by atoms with Gasteiger partial charge in [-0.25, -0.2) is 0 Å². The standard InChI is InChI=1S/C10H16N4O/c1-8-9(11)7-12-14(8)6-5-13-4-2-3-10(13)15/h7H,2-6,11H2,1H3. The topological polar surface area (TPSA) is 64.2 Å². The van der Waals surface area contributed by atoms with Crippen LogP contribution >= 0.6 is 0 Å². The highest BCUT2D eigenvalue weighted by Gasteiger charge is 2.19. The number of aromatic nitrogens is 2. The molecule has 5 heteroatoms. The second-order valence-corrected chi connectivity index (χ2v) is 3.89. The number of likely N-dealkylation sites (tertiary alicyclic amines) is 1. The Labute approximate surface area is 88.8 Å². The number of amides is 1. The van der Waals surface area contributed by atoms with Crippen LogP contribution in [0.4, 0.5) is 5.69 Å². The zero-order valence-corrected chi connectivity index (χ0v) is 8.94. The molecule has 0 saturated carbocycles.